The maximum Gasteiger partial charge on any atom is 0.242 e. The molecule has 84 valence electrons. The van der Waals surface area contributed by atoms with Crippen LogP contribution in [0.1, 0.15) is 5.56 Å². The summed E-state index contributed by atoms with van der Waals surface area (Å²) in [6.07, 6.45) is 1.35. The average molecular weight is 266 g/mol. The molecular formula is C11H5Cl2N3O. The van der Waals surface area contributed by atoms with Crippen LogP contribution in [0.15, 0.2) is 30.5 Å². The van der Waals surface area contributed by atoms with Gasteiger partial charge in [0.25, 0.3) is 0 Å². The molecule has 0 amide bonds. The van der Waals surface area contributed by atoms with Gasteiger partial charge in [-0.25, -0.2) is 4.98 Å². The zero-order chi connectivity index (χ0) is 12.3. The molecule has 0 fully saturated rings. The predicted octanol–water partition coefficient (Wildman–Crippen LogP) is 3.45. The molecule has 4 nitrogen and oxygen atoms in total. The largest absolute Gasteiger partial charge is 0.437 e. The smallest absolute Gasteiger partial charge is 0.242 e. The first-order valence-electron chi connectivity index (χ1n) is 4.55. The quantitative estimate of drug-likeness (QED) is 0.781. The summed E-state index contributed by atoms with van der Waals surface area (Å²) in [5, 5.41) is 9.04. The molecule has 2 aromatic rings. The fourth-order valence-corrected chi connectivity index (χ4v) is 1.40. The Morgan fingerprint density at radius 2 is 2.12 bits per heavy atom. The van der Waals surface area contributed by atoms with Crippen LogP contribution in [0.5, 0.6) is 11.6 Å². The normalized spacial score (nSPS) is 9.71. The first-order chi connectivity index (χ1) is 8.19. The molecule has 0 radical (unpaired) electrons. The Morgan fingerprint density at radius 1 is 1.29 bits per heavy atom. The molecule has 0 aliphatic carbocycles. The summed E-state index contributed by atoms with van der Waals surface area (Å²) in [5.41, 5.74) is 0.485. The Hall–Kier alpha value is -1.83. The molecule has 0 aliphatic heterocycles. The fraction of sp³-hybridized carbons (Fsp3) is 0. The van der Waals surface area contributed by atoms with E-state index < -0.39 is 0 Å². The molecule has 1 aromatic heterocycles. The van der Waals surface area contributed by atoms with E-state index in [1.165, 1.54) is 6.20 Å². The first-order valence-corrected chi connectivity index (χ1v) is 5.30. The third-order valence-corrected chi connectivity index (χ3v) is 2.30. The average Bonchev–Trinajstić information content (AvgIpc) is 2.34. The van der Waals surface area contributed by atoms with E-state index in [1.54, 1.807) is 24.3 Å². The third-order valence-electron chi connectivity index (χ3n) is 1.86. The van der Waals surface area contributed by atoms with Crippen LogP contribution in [0, 0.1) is 11.3 Å². The van der Waals surface area contributed by atoms with Gasteiger partial charge in [0, 0.05) is 0 Å². The molecule has 0 atom stereocenters. The van der Waals surface area contributed by atoms with Crippen molar-refractivity contribution in [1.29, 1.82) is 5.26 Å². The van der Waals surface area contributed by atoms with Crippen molar-refractivity contribution in [3.05, 3.63) is 46.3 Å². The SMILES string of the molecule is N#Cc1cccc(Oc2nc(Cl)ncc2Cl)c1. The molecule has 0 saturated heterocycles. The van der Waals surface area contributed by atoms with Crippen LogP contribution in [-0.2, 0) is 0 Å². The lowest BCUT2D eigenvalue weighted by Crippen LogP contribution is -1.91. The lowest BCUT2D eigenvalue weighted by Gasteiger charge is -2.06. The maximum atomic E-state index is 8.75. The number of ether oxygens (including phenoxy) is 1. The lowest BCUT2D eigenvalue weighted by atomic mass is 10.2. The van der Waals surface area contributed by atoms with Crippen LogP contribution in [0.25, 0.3) is 0 Å². The van der Waals surface area contributed by atoms with Crippen molar-refractivity contribution in [3.63, 3.8) is 0 Å². The molecule has 0 unspecified atom stereocenters. The van der Waals surface area contributed by atoms with Crippen LogP contribution in [-0.4, -0.2) is 9.97 Å². The Kier molecular flexibility index (Phi) is 3.43. The molecule has 0 bridgehead atoms. The number of benzene rings is 1. The van der Waals surface area contributed by atoms with Gasteiger partial charge in [0.15, 0.2) is 0 Å². The van der Waals surface area contributed by atoms with Gasteiger partial charge >= 0.3 is 0 Å². The molecule has 0 aliphatic rings. The second kappa shape index (κ2) is 5.00. The highest BCUT2D eigenvalue weighted by Gasteiger charge is 2.07. The highest BCUT2D eigenvalue weighted by atomic mass is 35.5. The predicted molar refractivity (Wildman–Crippen MR) is 63.3 cm³/mol. The van der Waals surface area contributed by atoms with Gasteiger partial charge in [-0.05, 0) is 29.8 Å². The second-order valence-electron chi connectivity index (χ2n) is 3.03. The third kappa shape index (κ3) is 2.84. The Balaban J connectivity index is 2.31. The van der Waals surface area contributed by atoms with Gasteiger partial charge in [0.2, 0.25) is 11.2 Å². The van der Waals surface area contributed by atoms with Crippen molar-refractivity contribution >= 4 is 23.2 Å². The Labute approximate surface area is 107 Å². The van der Waals surface area contributed by atoms with Crippen LogP contribution in [0.2, 0.25) is 10.3 Å². The van der Waals surface area contributed by atoms with Gasteiger partial charge < -0.3 is 4.74 Å². The number of aromatic nitrogens is 2. The summed E-state index contributed by atoms with van der Waals surface area (Å²) >= 11 is 11.5. The van der Waals surface area contributed by atoms with Gasteiger partial charge in [-0.2, -0.15) is 10.2 Å². The second-order valence-corrected chi connectivity index (χ2v) is 3.78. The zero-order valence-corrected chi connectivity index (χ0v) is 9.90. The van der Waals surface area contributed by atoms with Gasteiger partial charge in [-0.15, -0.1) is 0 Å². The minimum absolute atomic E-state index is 0.0424. The van der Waals surface area contributed by atoms with E-state index in [1.807, 2.05) is 6.07 Å². The summed E-state index contributed by atoms with van der Waals surface area (Å²) in [5.74, 6) is 0.613. The monoisotopic (exact) mass is 265 g/mol. The molecule has 2 rings (SSSR count). The zero-order valence-electron chi connectivity index (χ0n) is 8.39. The van der Waals surface area contributed by atoms with Crippen LogP contribution < -0.4 is 4.74 Å². The summed E-state index contributed by atoms with van der Waals surface area (Å²) in [7, 11) is 0. The van der Waals surface area contributed by atoms with E-state index in [9.17, 15) is 0 Å². The first kappa shape index (κ1) is 11.6. The molecule has 1 heterocycles. The number of nitrogens with zero attached hydrogens (tertiary/aromatic N) is 3. The summed E-state index contributed by atoms with van der Waals surface area (Å²) < 4.78 is 5.41. The van der Waals surface area contributed by atoms with E-state index in [-0.39, 0.29) is 16.2 Å². The van der Waals surface area contributed by atoms with Crippen molar-refractivity contribution in [3.8, 4) is 17.7 Å². The van der Waals surface area contributed by atoms with E-state index in [0.717, 1.165) is 0 Å². The Morgan fingerprint density at radius 3 is 2.88 bits per heavy atom. The van der Waals surface area contributed by atoms with Gasteiger partial charge in [0.05, 0.1) is 17.8 Å². The number of halogens is 2. The number of hydrogen-bond acceptors (Lipinski definition) is 4. The standard InChI is InChI=1S/C11H5Cl2N3O/c12-9-6-15-11(13)16-10(9)17-8-3-1-2-7(4-8)5-14/h1-4,6H. The molecule has 0 spiro atoms. The van der Waals surface area contributed by atoms with Crippen LogP contribution in [0.4, 0.5) is 0 Å². The molecule has 0 N–H and O–H groups in total. The van der Waals surface area contributed by atoms with Crippen molar-refractivity contribution in [2.45, 2.75) is 0 Å². The van der Waals surface area contributed by atoms with Gasteiger partial charge in [0.1, 0.15) is 10.8 Å². The fourth-order valence-electron chi connectivity index (χ4n) is 1.14. The Bertz CT molecular complexity index is 596. The topological polar surface area (TPSA) is 58.8 Å². The van der Waals surface area contributed by atoms with Crippen molar-refractivity contribution in [2.75, 3.05) is 0 Å². The number of rotatable bonds is 2. The summed E-state index contributed by atoms with van der Waals surface area (Å²) in [6.45, 7) is 0. The number of hydrogen-bond donors (Lipinski definition) is 0. The van der Waals surface area contributed by atoms with Crippen LogP contribution in [0.3, 0.4) is 0 Å². The van der Waals surface area contributed by atoms with E-state index in [2.05, 4.69) is 9.97 Å². The van der Waals surface area contributed by atoms with Crippen molar-refractivity contribution in [1.82, 2.24) is 9.97 Å². The lowest BCUT2D eigenvalue weighted by molar-refractivity contribution is 0.462. The van der Waals surface area contributed by atoms with Gasteiger partial charge in [-0.3, -0.25) is 0 Å². The van der Waals surface area contributed by atoms with E-state index in [4.69, 9.17) is 33.2 Å². The van der Waals surface area contributed by atoms with Crippen molar-refractivity contribution < 1.29 is 4.74 Å². The highest BCUT2D eigenvalue weighted by Crippen LogP contribution is 2.27. The number of nitriles is 1. The minimum atomic E-state index is 0.0424. The molecule has 17 heavy (non-hydrogen) atoms. The highest BCUT2D eigenvalue weighted by molar-refractivity contribution is 6.32. The minimum Gasteiger partial charge on any atom is -0.437 e. The summed E-state index contributed by atoms with van der Waals surface area (Å²) in [4.78, 5) is 7.55. The molecule has 1 aromatic carbocycles. The molecule has 6 heteroatoms. The maximum absolute atomic E-state index is 8.75. The van der Waals surface area contributed by atoms with E-state index in [0.29, 0.717) is 11.3 Å². The van der Waals surface area contributed by atoms with Gasteiger partial charge in [-0.1, -0.05) is 17.7 Å². The summed E-state index contributed by atoms with van der Waals surface area (Å²) in [6, 6.07) is 8.64. The van der Waals surface area contributed by atoms with Crippen LogP contribution >= 0.6 is 23.2 Å². The molecular weight excluding hydrogens is 261 g/mol. The van der Waals surface area contributed by atoms with E-state index >= 15 is 0 Å². The van der Waals surface area contributed by atoms with Crippen molar-refractivity contribution in [2.24, 2.45) is 0 Å². The molecule has 0 saturated carbocycles.